The summed E-state index contributed by atoms with van der Waals surface area (Å²) in [5, 5.41) is 0. The largest absolute Gasteiger partial charge is 0.465 e. The van der Waals surface area contributed by atoms with E-state index in [0.29, 0.717) is 13.2 Å². The minimum Gasteiger partial charge on any atom is -0.465 e. The maximum atomic E-state index is 11.3. The van der Waals surface area contributed by atoms with E-state index < -0.39 is 0 Å². The van der Waals surface area contributed by atoms with Crippen molar-refractivity contribution in [1.29, 1.82) is 0 Å². The normalized spacial score (nSPS) is 10.4. The number of hydrogen-bond donors (Lipinski definition) is 0. The highest BCUT2D eigenvalue weighted by Crippen LogP contribution is 2.01. The van der Waals surface area contributed by atoms with Gasteiger partial charge in [-0.15, -0.1) is 6.58 Å². The molecule has 0 fully saturated rings. The van der Waals surface area contributed by atoms with Gasteiger partial charge in [-0.1, -0.05) is 32.3 Å². The van der Waals surface area contributed by atoms with E-state index in [2.05, 4.69) is 18.4 Å². The lowest BCUT2D eigenvalue weighted by Gasteiger charge is -2.19. The second-order valence-electron chi connectivity index (χ2n) is 3.89. The lowest BCUT2D eigenvalue weighted by Crippen LogP contribution is -2.32. The molecule has 0 aromatic heterocycles. The number of ether oxygens (including phenoxy) is 1. The van der Waals surface area contributed by atoms with Gasteiger partial charge in [-0.25, -0.2) is 0 Å². The van der Waals surface area contributed by atoms with Gasteiger partial charge >= 0.3 is 5.97 Å². The number of hydrogen-bond acceptors (Lipinski definition) is 3. The summed E-state index contributed by atoms with van der Waals surface area (Å²) in [5.74, 6) is -0.139. The molecule has 0 radical (unpaired) electrons. The molecule has 0 N–H and O–H groups in total. The third-order valence-electron chi connectivity index (χ3n) is 2.37. The molecular weight excluding hydrogens is 202 g/mol. The van der Waals surface area contributed by atoms with Gasteiger partial charge < -0.3 is 4.74 Å². The Morgan fingerprint density at radius 3 is 2.62 bits per heavy atom. The van der Waals surface area contributed by atoms with Gasteiger partial charge in [0.25, 0.3) is 0 Å². The van der Waals surface area contributed by atoms with E-state index in [-0.39, 0.29) is 5.97 Å². The smallest absolute Gasteiger partial charge is 0.320 e. The summed E-state index contributed by atoms with van der Waals surface area (Å²) in [6, 6.07) is 0. The van der Waals surface area contributed by atoms with Crippen LogP contribution in [-0.2, 0) is 9.53 Å². The Morgan fingerprint density at radius 1 is 1.31 bits per heavy atom. The molecule has 0 saturated heterocycles. The third-order valence-corrected chi connectivity index (χ3v) is 2.37. The average molecular weight is 227 g/mol. The van der Waals surface area contributed by atoms with Crippen molar-refractivity contribution in [2.45, 2.75) is 39.5 Å². The van der Waals surface area contributed by atoms with E-state index in [0.717, 1.165) is 19.5 Å². The summed E-state index contributed by atoms with van der Waals surface area (Å²) >= 11 is 0. The zero-order valence-corrected chi connectivity index (χ0v) is 10.7. The van der Waals surface area contributed by atoms with Gasteiger partial charge in [0.15, 0.2) is 0 Å². The SMILES string of the molecule is C=CCN(CCCCCC)CC(=O)OCC. The second-order valence-corrected chi connectivity index (χ2v) is 3.89. The van der Waals surface area contributed by atoms with Crippen LogP contribution in [0.3, 0.4) is 0 Å². The Morgan fingerprint density at radius 2 is 2.06 bits per heavy atom. The molecule has 0 saturated carbocycles. The molecule has 0 atom stereocenters. The number of carbonyl (C=O) groups excluding carboxylic acids is 1. The van der Waals surface area contributed by atoms with E-state index in [4.69, 9.17) is 4.74 Å². The molecule has 0 amide bonds. The van der Waals surface area contributed by atoms with Crippen molar-refractivity contribution in [1.82, 2.24) is 4.90 Å². The van der Waals surface area contributed by atoms with E-state index in [1.165, 1.54) is 19.3 Å². The molecule has 0 spiro atoms. The zero-order chi connectivity index (χ0) is 12.2. The monoisotopic (exact) mass is 227 g/mol. The van der Waals surface area contributed by atoms with Crippen molar-refractivity contribution in [2.24, 2.45) is 0 Å². The molecule has 0 aliphatic carbocycles. The molecule has 94 valence electrons. The zero-order valence-electron chi connectivity index (χ0n) is 10.7. The van der Waals surface area contributed by atoms with Crippen LogP contribution in [0.5, 0.6) is 0 Å². The van der Waals surface area contributed by atoms with Crippen LogP contribution < -0.4 is 0 Å². The number of rotatable bonds is 10. The predicted octanol–water partition coefficient (Wildman–Crippen LogP) is 2.62. The predicted molar refractivity (Wildman–Crippen MR) is 67.4 cm³/mol. The Bertz CT molecular complexity index is 192. The molecule has 0 aromatic carbocycles. The first-order chi connectivity index (χ1) is 7.74. The summed E-state index contributed by atoms with van der Waals surface area (Å²) in [6.07, 6.45) is 6.70. The summed E-state index contributed by atoms with van der Waals surface area (Å²) in [4.78, 5) is 13.4. The van der Waals surface area contributed by atoms with Gasteiger partial charge in [0.05, 0.1) is 13.2 Å². The highest BCUT2D eigenvalue weighted by molar-refractivity contribution is 5.71. The summed E-state index contributed by atoms with van der Waals surface area (Å²) < 4.78 is 4.93. The quantitative estimate of drug-likeness (QED) is 0.326. The van der Waals surface area contributed by atoms with Crippen LogP contribution in [0.15, 0.2) is 12.7 Å². The van der Waals surface area contributed by atoms with Crippen molar-refractivity contribution in [3.63, 3.8) is 0 Å². The molecule has 0 heterocycles. The standard InChI is InChI=1S/C13H25NO2/c1-4-7-8-9-11-14(10-5-2)12-13(15)16-6-3/h5H,2,4,6-12H2,1,3H3. The van der Waals surface area contributed by atoms with Gasteiger partial charge in [0.1, 0.15) is 0 Å². The number of unbranched alkanes of at least 4 members (excludes halogenated alkanes) is 3. The molecule has 0 bridgehead atoms. The van der Waals surface area contributed by atoms with Crippen molar-refractivity contribution in [3.05, 3.63) is 12.7 Å². The van der Waals surface area contributed by atoms with E-state index in [9.17, 15) is 4.79 Å². The Labute approximate surface area is 99.5 Å². The first-order valence-electron chi connectivity index (χ1n) is 6.23. The van der Waals surface area contributed by atoms with Crippen LogP contribution in [0.2, 0.25) is 0 Å². The van der Waals surface area contributed by atoms with Crippen molar-refractivity contribution in [2.75, 3.05) is 26.2 Å². The topological polar surface area (TPSA) is 29.5 Å². The maximum Gasteiger partial charge on any atom is 0.320 e. The lowest BCUT2D eigenvalue weighted by molar-refractivity contribution is -0.144. The highest BCUT2D eigenvalue weighted by Gasteiger charge is 2.09. The highest BCUT2D eigenvalue weighted by atomic mass is 16.5. The lowest BCUT2D eigenvalue weighted by atomic mass is 10.2. The fraction of sp³-hybridized carbons (Fsp3) is 0.769. The van der Waals surface area contributed by atoms with Gasteiger partial charge in [0, 0.05) is 6.54 Å². The molecule has 3 heteroatoms. The molecule has 0 aromatic rings. The molecular formula is C13H25NO2. The van der Waals surface area contributed by atoms with E-state index in [1.807, 2.05) is 13.0 Å². The molecule has 0 aliphatic heterocycles. The minimum absolute atomic E-state index is 0.139. The summed E-state index contributed by atoms with van der Waals surface area (Å²) in [5.41, 5.74) is 0. The second kappa shape index (κ2) is 10.7. The van der Waals surface area contributed by atoms with Gasteiger partial charge in [-0.2, -0.15) is 0 Å². The van der Waals surface area contributed by atoms with Gasteiger partial charge in [-0.3, -0.25) is 9.69 Å². The Kier molecular flexibility index (Phi) is 10.1. The van der Waals surface area contributed by atoms with Crippen LogP contribution >= 0.6 is 0 Å². The molecule has 0 aliphatic rings. The van der Waals surface area contributed by atoms with Crippen molar-refractivity contribution in [3.8, 4) is 0 Å². The van der Waals surface area contributed by atoms with Gasteiger partial charge in [0.2, 0.25) is 0 Å². The Hall–Kier alpha value is -0.830. The van der Waals surface area contributed by atoms with Crippen LogP contribution in [0.25, 0.3) is 0 Å². The molecule has 0 unspecified atom stereocenters. The van der Waals surface area contributed by atoms with Crippen LogP contribution in [0.1, 0.15) is 39.5 Å². The van der Waals surface area contributed by atoms with Gasteiger partial charge in [-0.05, 0) is 19.9 Å². The minimum atomic E-state index is -0.139. The number of carbonyl (C=O) groups is 1. The molecule has 0 rings (SSSR count). The first-order valence-corrected chi connectivity index (χ1v) is 6.23. The van der Waals surface area contributed by atoms with E-state index in [1.54, 1.807) is 0 Å². The number of esters is 1. The summed E-state index contributed by atoms with van der Waals surface area (Å²) in [6.45, 7) is 10.3. The fourth-order valence-electron chi connectivity index (χ4n) is 1.57. The van der Waals surface area contributed by atoms with Crippen molar-refractivity contribution < 1.29 is 9.53 Å². The fourth-order valence-corrected chi connectivity index (χ4v) is 1.57. The van der Waals surface area contributed by atoms with Crippen LogP contribution in [0, 0.1) is 0 Å². The van der Waals surface area contributed by atoms with Crippen LogP contribution in [0.4, 0.5) is 0 Å². The number of nitrogens with zero attached hydrogens (tertiary/aromatic N) is 1. The molecule has 3 nitrogen and oxygen atoms in total. The van der Waals surface area contributed by atoms with E-state index >= 15 is 0 Å². The molecule has 16 heavy (non-hydrogen) atoms. The average Bonchev–Trinajstić information content (AvgIpc) is 2.25. The third kappa shape index (κ3) is 8.48. The summed E-state index contributed by atoms with van der Waals surface area (Å²) in [7, 11) is 0. The van der Waals surface area contributed by atoms with Crippen LogP contribution in [-0.4, -0.2) is 37.1 Å². The maximum absolute atomic E-state index is 11.3. The first kappa shape index (κ1) is 15.2. The Balaban J connectivity index is 3.77. The van der Waals surface area contributed by atoms with Crippen molar-refractivity contribution >= 4 is 5.97 Å².